The van der Waals surface area contributed by atoms with Gasteiger partial charge in [-0.05, 0) is 32.2 Å². The number of fused-ring (bicyclic) bond motifs is 2. The number of halogens is 3. The number of ether oxygens (including phenoxy) is 2. The van der Waals surface area contributed by atoms with Crippen LogP contribution in [-0.2, 0) is 4.74 Å². The number of anilines is 2. The molecule has 13 heteroatoms. The number of nitrogens with one attached hydrogen (secondary N) is 1. The number of hydrogen-bond donors (Lipinski definition) is 2. The molecule has 2 saturated heterocycles. The Hall–Kier alpha value is -3.34. The van der Waals surface area contributed by atoms with E-state index in [2.05, 4.69) is 26.3 Å². The summed E-state index contributed by atoms with van der Waals surface area (Å²) in [4.78, 5) is 13.0. The molecule has 0 spiro atoms. The zero-order valence-electron chi connectivity index (χ0n) is 22.7. The van der Waals surface area contributed by atoms with Crippen molar-refractivity contribution in [2.45, 2.75) is 25.2 Å². The number of pyridine rings is 1. The van der Waals surface area contributed by atoms with Crippen LogP contribution in [0.25, 0.3) is 32.2 Å². The second kappa shape index (κ2) is 10.8. The lowest BCUT2D eigenvalue weighted by atomic mass is 9.98. The third-order valence-electron chi connectivity index (χ3n) is 7.65. The lowest BCUT2D eigenvalue weighted by Crippen LogP contribution is -2.49. The molecule has 214 valence electrons. The maximum atomic E-state index is 16.7. The van der Waals surface area contributed by atoms with Crippen LogP contribution in [0.3, 0.4) is 0 Å². The Morgan fingerprint density at radius 3 is 2.71 bits per heavy atom. The molecular weight excluding hydrogens is 572 g/mol. The summed E-state index contributed by atoms with van der Waals surface area (Å²) in [6, 6.07) is 6.69. The zero-order valence-corrected chi connectivity index (χ0v) is 24.2. The van der Waals surface area contributed by atoms with Gasteiger partial charge in [-0.2, -0.15) is 5.26 Å². The van der Waals surface area contributed by atoms with Crippen LogP contribution in [0.4, 0.5) is 19.6 Å². The summed E-state index contributed by atoms with van der Waals surface area (Å²) in [7, 11) is 3.56. The Bertz CT molecular complexity index is 1710. The maximum Gasteiger partial charge on any atom is 0.234 e. The van der Waals surface area contributed by atoms with Gasteiger partial charge in [-0.1, -0.05) is 22.9 Å². The molecule has 0 saturated carbocycles. The first-order valence-electron chi connectivity index (χ1n) is 13.2. The van der Waals surface area contributed by atoms with Crippen molar-refractivity contribution in [2.24, 2.45) is 0 Å². The van der Waals surface area contributed by atoms with E-state index in [1.165, 1.54) is 12.1 Å². The number of methoxy groups -OCH3 is 1. The molecule has 2 aliphatic heterocycles. The molecule has 0 amide bonds. The van der Waals surface area contributed by atoms with E-state index < -0.39 is 17.7 Å². The van der Waals surface area contributed by atoms with Gasteiger partial charge >= 0.3 is 0 Å². The van der Waals surface area contributed by atoms with Crippen molar-refractivity contribution in [1.29, 1.82) is 5.26 Å². The molecule has 0 aliphatic carbocycles. The van der Waals surface area contributed by atoms with Crippen molar-refractivity contribution in [3.05, 3.63) is 40.4 Å². The molecule has 9 nitrogen and oxygen atoms in total. The predicted molar refractivity (Wildman–Crippen MR) is 157 cm³/mol. The van der Waals surface area contributed by atoms with Gasteiger partial charge in [0.2, 0.25) is 5.88 Å². The fraction of sp³-hybridized carbons (Fsp3) is 0.393. The highest BCUT2D eigenvalue weighted by atomic mass is 35.5. The first-order valence-corrected chi connectivity index (χ1v) is 14.4. The first-order chi connectivity index (χ1) is 19.7. The third kappa shape index (κ3) is 4.81. The molecule has 3 atom stereocenters. The average Bonchev–Trinajstić information content (AvgIpc) is 3.51. The largest absolute Gasteiger partial charge is 0.469 e. The van der Waals surface area contributed by atoms with E-state index in [-0.39, 0.29) is 55.0 Å². The van der Waals surface area contributed by atoms with Crippen LogP contribution in [0.5, 0.6) is 5.88 Å². The Kier molecular flexibility index (Phi) is 7.33. The minimum absolute atomic E-state index is 0.0134. The van der Waals surface area contributed by atoms with Crippen LogP contribution in [0.1, 0.15) is 12.5 Å². The van der Waals surface area contributed by atoms with Crippen molar-refractivity contribution < 1.29 is 18.3 Å². The van der Waals surface area contributed by atoms with E-state index in [1.54, 1.807) is 13.2 Å². The summed E-state index contributed by atoms with van der Waals surface area (Å²) in [5, 5.41) is 14.4. The van der Waals surface area contributed by atoms with Gasteiger partial charge < -0.3 is 25.4 Å². The standard InChI is InChI=1S/C28H28ClF2N7O2S/c1-13-10-38(7-6-34-13)25-15-8-17(29)21(14-4-5-18(30)26-24(14)36-28(33)41-26)22(31)23(15)35-27(16(25)9-32)40-20-12-37(2)11-19(20)39-3/h4-5,8,13,19-20,34H,6-7,10-12H2,1-3H3,(H2,33,36)/t13?,19-,20-/m1/s1. The van der Waals surface area contributed by atoms with Gasteiger partial charge in [-0.25, -0.2) is 18.7 Å². The number of nitrogens with zero attached hydrogens (tertiary/aromatic N) is 5. The lowest BCUT2D eigenvalue weighted by molar-refractivity contribution is 0.0321. The minimum Gasteiger partial charge on any atom is -0.469 e. The van der Waals surface area contributed by atoms with Crippen LogP contribution in [-0.4, -0.2) is 80.0 Å². The van der Waals surface area contributed by atoms with Crippen LogP contribution >= 0.6 is 22.9 Å². The number of piperazine rings is 1. The SMILES string of the molecule is CO[C@@H]1CN(C)C[C@H]1Oc1nc2c(F)c(-c3ccc(F)c4sc(N)nc34)c(Cl)cc2c(N2CCNC(C)C2)c1C#N. The van der Waals surface area contributed by atoms with E-state index in [9.17, 15) is 9.65 Å². The number of likely N-dealkylation sites (tertiary alicyclic amines) is 1. The van der Waals surface area contributed by atoms with E-state index >= 15 is 4.39 Å². The highest BCUT2D eigenvalue weighted by Crippen LogP contribution is 2.45. The number of benzene rings is 2. The normalized spacial score (nSPS) is 21.6. The molecule has 2 aromatic carbocycles. The van der Waals surface area contributed by atoms with Crippen molar-refractivity contribution >= 4 is 54.9 Å². The number of nitrogen functional groups attached to an aromatic ring is 1. The summed E-state index contributed by atoms with van der Waals surface area (Å²) in [6.07, 6.45) is -0.665. The van der Waals surface area contributed by atoms with Gasteiger partial charge in [0.1, 0.15) is 35.2 Å². The summed E-state index contributed by atoms with van der Waals surface area (Å²) >= 11 is 7.75. The molecule has 4 heterocycles. The number of aromatic nitrogens is 2. The second-order valence-corrected chi connectivity index (χ2v) is 11.9. The topological polar surface area (TPSA) is 113 Å². The van der Waals surface area contributed by atoms with Gasteiger partial charge in [0, 0.05) is 62.4 Å². The Balaban J connectivity index is 1.61. The smallest absolute Gasteiger partial charge is 0.234 e. The average molecular weight is 600 g/mol. The fourth-order valence-electron chi connectivity index (χ4n) is 5.79. The molecule has 6 rings (SSSR count). The maximum absolute atomic E-state index is 16.7. The van der Waals surface area contributed by atoms with Crippen LogP contribution in [0, 0.1) is 23.0 Å². The number of nitrogens with two attached hydrogens (primary N) is 1. The summed E-state index contributed by atoms with van der Waals surface area (Å²) in [6.45, 7) is 5.08. The van der Waals surface area contributed by atoms with E-state index in [1.807, 2.05) is 18.9 Å². The van der Waals surface area contributed by atoms with Crippen molar-refractivity contribution in [1.82, 2.24) is 20.2 Å². The molecular formula is C28H28ClF2N7O2S. The van der Waals surface area contributed by atoms with Gasteiger partial charge in [-0.15, -0.1) is 0 Å². The molecule has 0 radical (unpaired) electrons. The predicted octanol–water partition coefficient (Wildman–Crippen LogP) is 4.40. The van der Waals surface area contributed by atoms with Gasteiger partial charge in [0.15, 0.2) is 10.9 Å². The highest BCUT2D eigenvalue weighted by Gasteiger charge is 2.35. The number of likely N-dealkylation sites (N-methyl/N-ethyl adjacent to an activating group) is 1. The zero-order chi connectivity index (χ0) is 29.0. The summed E-state index contributed by atoms with van der Waals surface area (Å²) < 4.78 is 43.4. The van der Waals surface area contributed by atoms with Crippen LogP contribution < -0.4 is 20.7 Å². The quantitative estimate of drug-likeness (QED) is 0.345. The monoisotopic (exact) mass is 599 g/mol. The molecule has 3 N–H and O–H groups in total. The van der Waals surface area contributed by atoms with Crippen LogP contribution in [0.2, 0.25) is 5.02 Å². The number of nitriles is 1. The van der Waals surface area contributed by atoms with E-state index in [4.69, 9.17) is 26.8 Å². The van der Waals surface area contributed by atoms with Crippen LogP contribution in [0.15, 0.2) is 18.2 Å². The number of hydrogen-bond acceptors (Lipinski definition) is 10. The molecule has 4 aromatic rings. The van der Waals surface area contributed by atoms with Gasteiger partial charge in [0.05, 0.1) is 20.9 Å². The lowest BCUT2D eigenvalue weighted by Gasteiger charge is -2.35. The van der Waals surface area contributed by atoms with Crippen molar-refractivity contribution in [3.63, 3.8) is 0 Å². The molecule has 2 aromatic heterocycles. The van der Waals surface area contributed by atoms with E-state index in [0.717, 1.165) is 11.3 Å². The Labute approximate surface area is 244 Å². The molecule has 0 bridgehead atoms. The summed E-state index contributed by atoms with van der Waals surface area (Å²) in [5.74, 6) is -1.21. The highest BCUT2D eigenvalue weighted by molar-refractivity contribution is 7.22. The molecule has 41 heavy (non-hydrogen) atoms. The first kappa shape index (κ1) is 27.8. The number of rotatable bonds is 5. The third-order valence-corrected chi connectivity index (χ3v) is 8.84. The molecule has 2 fully saturated rings. The second-order valence-electron chi connectivity index (χ2n) is 10.5. The minimum atomic E-state index is -0.724. The van der Waals surface area contributed by atoms with Gasteiger partial charge in [-0.3, -0.25) is 4.90 Å². The fourth-order valence-corrected chi connectivity index (χ4v) is 6.85. The molecule has 1 unspecified atom stereocenters. The van der Waals surface area contributed by atoms with Gasteiger partial charge in [0.25, 0.3) is 0 Å². The van der Waals surface area contributed by atoms with Crippen molar-refractivity contribution in [2.75, 3.05) is 57.5 Å². The van der Waals surface area contributed by atoms with E-state index in [0.29, 0.717) is 49.4 Å². The Morgan fingerprint density at radius 2 is 1.98 bits per heavy atom. The molecule has 2 aliphatic rings. The number of thiazole rings is 1. The summed E-state index contributed by atoms with van der Waals surface area (Å²) in [5.41, 5.74) is 7.11. The van der Waals surface area contributed by atoms with Crippen molar-refractivity contribution in [3.8, 4) is 23.1 Å². The Morgan fingerprint density at radius 1 is 1.20 bits per heavy atom.